The van der Waals surface area contributed by atoms with Crippen LogP contribution in [0.4, 0.5) is 5.69 Å². The number of benzene rings is 1. The normalized spacial score (nSPS) is 18.2. The molecule has 0 spiro atoms. The molecule has 2 rings (SSSR count). The minimum Gasteiger partial charge on any atom is -0.493 e. The van der Waals surface area contributed by atoms with Crippen LogP contribution in [0.15, 0.2) is 18.2 Å². The zero-order valence-corrected chi connectivity index (χ0v) is 11.9. The maximum absolute atomic E-state index is 11.9. The Balaban J connectivity index is 2.01. The largest absolute Gasteiger partial charge is 0.493 e. The summed E-state index contributed by atoms with van der Waals surface area (Å²) in [5.41, 5.74) is 6.55. The van der Waals surface area contributed by atoms with E-state index in [-0.39, 0.29) is 6.10 Å². The molecule has 0 amide bonds. The Labute approximate surface area is 119 Å². The predicted octanol–water partition coefficient (Wildman–Crippen LogP) is 2.25. The van der Waals surface area contributed by atoms with Gasteiger partial charge in [0.25, 0.3) is 0 Å². The Kier molecular flexibility index (Phi) is 4.84. The average Bonchev–Trinajstić information content (AvgIpc) is 2.90. The van der Waals surface area contributed by atoms with Crippen molar-refractivity contribution in [3.8, 4) is 5.75 Å². The third-order valence-corrected chi connectivity index (χ3v) is 3.10. The van der Waals surface area contributed by atoms with Crippen LogP contribution in [0.3, 0.4) is 0 Å². The van der Waals surface area contributed by atoms with Crippen LogP contribution in [0.5, 0.6) is 5.75 Å². The summed E-state index contributed by atoms with van der Waals surface area (Å²) >= 11 is 0. The van der Waals surface area contributed by atoms with E-state index in [1.165, 1.54) is 0 Å². The summed E-state index contributed by atoms with van der Waals surface area (Å²) in [5, 5.41) is 0. The highest BCUT2D eigenvalue weighted by Gasteiger charge is 2.18. The van der Waals surface area contributed by atoms with Gasteiger partial charge in [0.15, 0.2) is 0 Å². The van der Waals surface area contributed by atoms with Gasteiger partial charge >= 0.3 is 5.97 Å². The second kappa shape index (κ2) is 6.61. The number of esters is 1. The van der Waals surface area contributed by atoms with Crippen molar-refractivity contribution in [2.45, 2.75) is 26.4 Å². The van der Waals surface area contributed by atoms with Crippen LogP contribution < -0.4 is 10.5 Å². The number of carbonyl (C=O) groups is 1. The summed E-state index contributed by atoms with van der Waals surface area (Å²) in [7, 11) is 0. The highest BCUT2D eigenvalue weighted by molar-refractivity contribution is 5.95. The van der Waals surface area contributed by atoms with Gasteiger partial charge in [-0.1, -0.05) is 0 Å². The molecule has 5 heteroatoms. The first kappa shape index (κ1) is 14.7. The van der Waals surface area contributed by atoms with E-state index in [1.807, 2.05) is 0 Å². The van der Waals surface area contributed by atoms with Gasteiger partial charge in [0.05, 0.1) is 24.9 Å². The molecule has 0 aliphatic carbocycles. The van der Waals surface area contributed by atoms with E-state index < -0.39 is 5.97 Å². The molecule has 1 aromatic carbocycles. The van der Waals surface area contributed by atoms with Crippen molar-refractivity contribution < 1.29 is 19.0 Å². The fourth-order valence-electron chi connectivity index (χ4n) is 2.01. The highest BCUT2D eigenvalue weighted by Crippen LogP contribution is 2.22. The average molecular weight is 279 g/mol. The summed E-state index contributed by atoms with van der Waals surface area (Å²) in [6, 6.07) is 5.06. The molecule has 1 atom stereocenters. The zero-order chi connectivity index (χ0) is 14.5. The lowest BCUT2D eigenvalue weighted by Crippen LogP contribution is -2.15. The molecule has 1 unspecified atom stereocenters. The fourth-order valence-corrected chi connectivity index (χ4v) is 2.01. The number of anilines is 1. The minimum atomic E-state index is -0.424. The van der Waals surface area contributed by atoms with E-state index in [4.69, 9.17) is 19.9 Å². The van der Waals surface area contributed by atoms with Gasteiger partial charge in [0.1, 0.15) is 5.75 Å². The van der Waals surface area contributed by atoms with Gasteiger partial charge in [-0.25, -0.2) is 4.79 Å². The molecule has 0 saturated carbocycles. The van der Waals surface area contributed by atoms with Gasteiger partial charge in [-0.3, -0.25) is 0 Å². The molecule has 1 aliphatic heterocycles. The lowest BCUT2D eigenvalue weighted by molar-refractivity contribution is 0.0378. The molecular weight excluding hydrogens is 258 g/mol. The first-order chi connectivity index (χ1) is 9.56. The number of ether oxygens (including phenoxy) is 3. The van der Waals surface area contributed by atoms with Crippen molar-refractivity contribution in [3.63, 3.8) is 0 Å². The topological polar surface area (TPSA) is 70.8 Å². The monoisotopic (exact) mass is 279 g/mol. The van der Waals surface area contributed by atoms with Crippen LogP contribution in [0.25, 0.3) is 0 Å². The smallest absolute Gasteiger partial charge is 0.340 e. The Morgan fingerprint density at radius 3 is 2.95 bits per heavy atom. The summed E-state index contributed by atoms with van der Waals surface area (Å²) in [6.45, 7) is 5.71. The number of nitrogen functional groups attached to an aromatic ring is 1. The van der Waals surface area contributed by atoms with Crippen molar-refractivity contribution in [2.24, 2.45) is 5.92 Å². The quantitative estimate of drug-likeness (QED) is 0.661. The van der Waals surface area contributed by atoms with Gasteiger partial charge in [-0.15, -0.1) is 0 Å². The number of nitrogens with two attached hydrogens (primary N) is 1. The lowest BCUT2D eigenvalue weighted by atomic mass is 10.1. The van der Waals surface area contributed by atoms with Crippen LogP contribution in [-0.4, -0.2) is 31.9 Å². The van der Waals surface area contributed by atoms with Crippen molar-refractivity contribution in [3.05, 3.63) is 23.8 Å². The number of hydrogen-bond donors (Lipinski definition) is 1. The Morgan fingerprint density at radius 1 is 1.50 bits per heavy atom. The van der Waals surface area contributed by atoms with E-state index in [0.29, 0.717) is 29.5 Å². The third-order valence-electron chi connectivity index (χ3n) is 3.10. The van der Waals surface area contributed by atoms with Crippen LogP contribution in [0.1, 0.15) is 30.6 Å². The predicted molar refractivity (Wildman–Crippen MR) is 75.8 cm³/mol. The molecule has 5 nitrogen and oxygen atoms in total. The number of rotatable bonds is 5. The lowest BCUT2D eigenvalue weighted by Gasteiger charge is -2.13. The van der Waals surface area contributed by atoms with Gasteiger partial charge in [-0.05, 0) is 38.5 Å². The van der Waals surface area contributed by atoms with Crippen molar-refractivity contribution in [1.82, 2.24) is 0 Å². The van der Waals surface area contributed by atoms with E-state index in [1.54, 1.807) is 32.0 Å². The molecule has 0 bridgehead atoms. The minimum absolute atomic E-state index is 0.179. The zero-order valence-electron chi connectivity index (χ0n) is 11.9. The second-order valence-corrected chi connectivity index (χ2v) is 5.24. The molecule has 0 radical (unpaired) electrons. The first-order valence-electron chi connectivity index (χ1n) is 6.87. The summed E-state index contributed by atoms with van der Waals surface area (Å²) in [5.74, 6) is 0.618. The summed E-state index contributed by atoms with van der Waals surface area (Å²) in [4.78, 5) is 11.9. The molecule has 2 N–H and O–H groups in total. The fraction of sp³-hybridized carbons (Fsp3) is 0.533. The summed E-state index contributed by atoms with van der Waals surface area (Å²) in [6.07, 6.45) is 0.833. The molecule has 1 aliphatic rings. The second-order valence-electron chi connectivity index (χ2n) is 5.24. The van der Waals surface area contributed by atoms with Gasteiger partial charge in [-0.2, -0.15) is 0 Å². The molecule has 110 valence electrons. The molecule has 1 heterocycles. The number of hydrogen-bond acceptors (Lipinski definition) is 5. The maximum Gasteiger partial charge on any atom is 0.340 e. The molecule has 1 saturated heterocycles. The van der Waals surface area contributed by atoms with Crippen LogP contribution in [-0.2, 0) is 9.47 Å². The highest BCUT2D eigenvalue weighted by atomic mass is 16.5. The molecular formula is C15H21NO4. The summed E-state index contributed by atoms with van der Waals surface area (Å²) < 4.78 is 16.1. The van der Waals surface area contributed by atoms with Crippen molar-refractivity contribution in [2.75, 3.05) is 25.6 Å². The van der Waals surface area contributed by atoms with Crippen LogP contribution >= 0.6 is 0 Å². The molecule has 1 aromatic rings. The Hall–Kier alpha value is -1.75. The van der Waals surface area contributed by atoms with Crippen LogP contribution in [0, 0.1) is 5.92 Å². The molecule has 1 fully saturated rings. The molecule has 0 aromatic heterocycles. The maximum atomic E-state index is 11.9. The van der Waals surface area contributed by atoms with Gasteiger partial charge < -0.3 is 19.9 Å². The van der Waals surface area contributed by atoms with E-state index in [9.17, 15) is 4.79 Å². The van der Waals surface area contributed by atoms with Crippen LogP contribution in [0.2, 0.25) is 0 Å². The Morgan fingerprint density at radius 2 is 2.30 bits per heavy atom. The van der Waals surface area contributed by atoms with Crippen molar-refractivity contribution >= 4 is 11.7 Å². The van der Waals surface area contributed by atoms with E-state index in [0.717, 1.165) is 19.6 Å². The van der Waals surface area contributed by atoms with Gasteiger partial charge in [0, 0.05) is 18.2 Å². The Bertz CT molecular complexity index is 467. The standard InChI is InChI=1S/C15H21NO4/c1-10(2)20-15(17)13-7-12(3-4-14(13)16)19-9-11-5-6-18-8-11/h3-4,7,10-11H,5-6,8-9,16H2,1-2H3. The van der Waals surface area contributed by atoms with Crippen molar-refractivity contribution in [1.29, 1.82) is 0 Å². The van der Waals surface area contributed by atoms with E-state index in [2.05, 4.69) is 0 Å². The third kappa shape index (κ3) is 3.87. The number of carbonyl (C=O) groups excluding carboxylic acids is 1. The molecule has 20 heavy (non-hydrogen) atoms. The van der Waals surface area contributed by atoms with Gasteiger partial charge in [0.2, 0.25) is 0 Å². The SMILES string of the molecule is CC(C)OC(=O)c1cc(OCC2CCOC2)ccc1N. The van der Waals surface area contributed by atoms with E-state index >= 15 is 0 Å². The first-order valence-corrected chi connectivity index (χ1v) is 6.87.